The van der Waals surface area contributed by atoms with Crippen molar-refractivity contribution >= 4 is 11.1 Å². The van der Waals surface area contributed by atoms with Crippen LogP contribution in [0.3, 0.4) is 0 Å². The highest BCUT2D eigenvalue weighted by Crippen LogP contribution is 2.25. The zero-order valence-electron chi connectivity index (χ0n) is 13.5. The van der Waals surface area contributed by atoms with Crippen LogP contribution in [0.2, 0.25) is 0 Å². The van der Waals surface area contributed by atoms with Gasteiger partial charge in [0.05, 0.1) is 0 Å². The second kappa shape index (κ2) is 6.17. The molecule has 0 N–H and O–H groups in total. The molecule has 118 valence electrons. The molecule has 1 atom stereocenters. The largest absolute Gasteiger partial charge is 0.436 e. The number of piperidine rings is 1. The van der Waals surface area contributed by atoms with Gasteiger partial charge in [-0.2, -0.15) is 0 Å². The van der Waals surface area contributed by atoms with Gasteiger partial charge in [-0.3, -0.25) is 4.90 Å². The van der Waals surface area contributed by atoms with Crippen molar-refractivity contribution < 1.29 is 4.42 Å². The maximum atomic E-state index is 5.89. The molecule has 3 nitrogen and oxygen atoms in total. The van der Waals surface area contributed by atoms with Crippen LogP contribution in [0.5, 0.6) is 0 Å². The van der Waals surface area contributed by atoms with Crippen molar-refractivity contribution in [3.05, 3.63) is 54.1 Å². The van der Waals surface area contributed by atoms with Crippen LogP contribution in [0.4, 0.5) is 0 Å². The Bertz CT molecular complexity index is 794. The minimum Gasteiger partial charge on any atom is -0.436 e. The Morgan fingerprint density at radius 3 is 2.87 bits per heavy atom. The SMILES string of the molecule is CC1CCCN(Cc2ccc3oc(-c4ccccc4)nc3c2)C1. The zero-order chi connectivity index (χ0) is 15.6. The molecule has 0 radical (unpaired) electrons. The number of benzene rings is 2. The number of aromatic nitrogens is 1. The molecule has 1 unspecified atom stereocenters. The van der Waals surface area contributed by atoms with Crippen molar-refractivity contribution in [2.75, 3.05) is 13.1 Å². The van der Waals surface area contributed by atoms with Gasteiger partial charge in [0, 0.05) is 18.7 Å². The van der Waals surface area contributed by atoms with Crippen LogP contribution in [0, 0.1) is 5.92 Å². The van der Waals surface area contributed by atoms with Gasteiger partial charge in [-0.05, 0) is 55.1 Å². The normalized spacial score (nSPS) is 19.3. The molecule has 2 aromatic carbocycles. The van der Waals surface area contributed by atoms with E-state index < -0.39 is 0 Å². The van der Waals surface area contributed by atoms with Crippen LogP contribution in [0.15, 0.2) is 52.9 Å². The molecule has 1 fully saturated rings. The molecule has 3 aromatic rings. The van der Waals surface area contributed by atoms with Crippen molar-refractivity contribution in [2.45, 2.75) is 26.3 Å². The molecule has 4 rings (SSSR count). The molecule has 1 aromatic heterocycles. The van der Waals surface area contributed by atoms with Gasteiger partial charge in [0.1, 0.15) is 5.52 Å². The van der Waals surface area contributed by atoms with Crippen LogP contribution in [-0.2, 0) is 6.54 Å². The average molecular weight is 306 g/mol. The van der Waals surface area contributed by atoms with Crippen LogP contribution in [-0.4, -0.2) is 23.0 Å². The van der Waals surface area contributed by atoms with E-state index in [4.69, 9.17) is 4.42 Å². The third-order valence-electron chi connectivity index (χ3n) is 4.62. The highest BCUT2D eigenvalue weighted by Gasteiger charge is 2.17. The highest BCUT2D eigenvalue weighted by molar-refractivity contribution is 5.76. The number of oxazole rings is 1. The van der Waals surface area contributed by atoms with Gasteiger partial charge in [-0.15, -0.1) is 0 Å². The summed E-state index contributed by atoms with van der Waals surface area (Å²) in [6.07, 6.45) is 2.67. The zero-order valence-corrected chi connectivity index (χ0v) is 13.5. The van der Waals surface area contributed by atoms with E-state index in [2.05, 4.69) is 35.0 Å². The molecule has 2 heterocycles. The number of likely N-dealkylation sites (tertiary alicyclic amines) is 1. The number of nitrogens with zero attached hydrogens (tertiary/aromatic N) is 2. The monoisotopic (exact) mass is 306 g/mol. The summed E-state index contributed by atoms with van der Waals surface area (Å²) in [7, 11) is 0. The summed E-state index contributed by atoms with van der Waals surface area (Å²) in [4.78, 5) is 7.22. The predicted molar refractivity (Wildman–Crippen MR) is 93.1 cm³/mol. The lowest BCUT2D eigenvalue weighted by Gasteiger charge is -2.30. The molecule has 0 spiro atoms. The molecule has 1 aliphatic heterocycles. The summed E-state index contributed by atoms with van der Waals surface area (Å²) in [6, 6.07) is 16.5. The summed E-state index contributed by atoms with van der Waals surface area (Å²) in [5.74, 6) is 1.51. The number of hydrogen-bond acceptors (Lipinski definition) is 3. The number of hydrogen-bond donors (Lipinski definition) is 0. The van der Waals surface area contributed by atoms with Gasteiger partial charge in [0.2, 0.25) is 5.89 Å². The van der Waals surface area contributed by atoms with Gasteiger partial charge >= 0.3 is 0 Å². The molecular formula is C20H22N2O. The summed E-state index contributed by atoms with van der Waals surface area (Å²) >= 11 is 0. The lowest BCUT2D eigenvalue weighted by Crippen LogP contribution is -2.33. The average Bonchev–Trinajstić information content (AvgIpc) is 2.99. The lowest BCUT2D eigenvalue weighted by atomic mass is 10.00. The van der Waals surface area contributed by atoms with Crippen molar-refractivity contribution in [3.8, 4) is 11.5 Å². The minimum absolute atomic E-state index is 0.698. The van der Waals surface area contributed by atoms with Gasteiger partial charge in [0.25, 0.3) is 0 Å². The first-order valence-corrected chi connectivity index (χ1v) is 8.45. The third kappa shape index (κ3) is 3.15. The van der Waals surface area contributed by atoms with Crippen molar-refractivity contribution in [1.29, 1.82) is 0 Å². The summed E-state index contributed by atoms with van der Waals surface area (Å²) < 4.78 is 5.89. The lowest BCUT2D eigenvalue weighted by molar-refractivity contribution is 0.176. The summed E-state index contributed by atoms with van der Waals surface area (Å²) in [6.45, 7) is 5.76. The summed E-state index contributed by atoms with van der Waals surface area (Å²) in [5.41, 5.74) is 4.15. The molecule has 0 bridgehead atoms. The van der Waals surface area contributed by atoms with E-state index in [1.807, 2.05) is 30.3 Å². The Kier molecular flexibility index (Phi) is 3.88. The Balaban J connectivity index is 1.58. The van der Waals surface area contributed by atoms with E-state index in [1.165, 1.54) is 31.5 Å². The van der Waals surface area contributed by atoms with E-state index in [1.54, 1.807) is 0 Å². The number of fused-ring (bicyclic) bond motifs is 1. The van der Waals surface area contributed by atoms with E-state index in [0.717, 1.165) is 29.1 Å². The second-order valence-corrected chi connectivity index (χ2v) is 6.67. The maximum Gasteiger partial charge on any atom is 0.227 e. The quantitative estimate of drug-likeness (QED) is 0.700. The second-order valence-electron chi connectivity index (χ2n) is 6.67. The third-order valence-corrected chi connectivity index (χ3v) is 4.62. The van der Waals surface area contributed by atoms with Crippen LogP contribution < -0.4 is 0 Å². The molecule has 0 aliphatic carbocycles. The van der Waals surface area contributed by atoms with Crippen molar-refractivity contribution in [1.82, 2.24) is 9.88 Å². The number of rotatable bonds is 3. The topological polar surface area (TPSA) is 29.3 Å². The Morgan fingerprint density at radius 1 is 1.17 bits per heavy atom. The first kappa shape index (κ1) is 14.5. The van der Waals surface area contributed by atoms with Gasteiger partial charge in [-0.25, -0.2) is 4.98 Å². The first-order chi connectivity index (χ1) is 11.3. The maximum absolute atomic E-state index is 5.89. The fourth-order valence-corrected chi connectivity index (χ4v) is 3.46. The van der Waals surface area contributed by atoms with Crippen LogP contribution in [0.1, 0.15) is 25.3 Å². The van der Waals surface area contributed by atoms with Gasteiger partial charge in [0.15, 0.2) is 5.58 Å². The first-order valence-electron chi connectivity index (χ1n) is 8.45. The Hall–Kier alpha value is -2.13. The molecule has 1 aliphatic rings. The smallest absolute Gasteiger partial charge is 0.227 e. The van der Waals surface area contributed by atoms with E-state index in [-0.39, 0.29) is 0 Å². The van der Waals surface area contributed by atoms with Crippen LogP contribution >= 0.6 is 0 Å². The van der Waals surface area contributed by atoms with E-state index >= 15 is 0 Å². The molecule has 23 heavy (non-hydrogen) atoms. The Morgan fingerprint density at radius 2 is 2.04 bits per heavy atom. The van der Waals surface area contributed by atoms with Gasteiger partial charge < -0.3 is 4.42 Å². The molecular weight excluding hydrogens is 284 g/mol. The molecule has 3 heteroatoms. The van der Waals surface area contributed by atoms with Crippen LogP contribution in [0.25, 0.3) is 22.6 Å². The fraction of sp³-hybridized carbons (Fsp3) is 0.350. The molecule has 0 amide bonds. The highest BCUT2D eigenvalue weighted by atomic mass is 16.3. The fourth-order valence-electron chi connectivity index (χ4n) is 3.46. The van der Waals surface area contributed by atoms with Gasteiger partial charge in [-0.1, -0.05) is 31.2 Å². The summed E-state index contributed by atoms with van der Waals surface area (Å²) in [5, 5.41) is 0. The van der Waals surface area contributed by atoms with Crippen molar-refractivity contribution in [3.63, 3.8) is 0 Å². The van der Waals surface area contributed by atoms with Crippen molar-refractivity contribution in [2.24, 2.45) is 5.92 Å². The van der Waals surface area contributed by atoms with E-state index in [9.17, 15) is 0 Å². The molecule has 0 saturated carbocycles. The standard InChI is InChI=1S/C20H22N2O/c1-15-6-5-11-22(13-15)14-16-9-10-19-18(12-16)21-20(23-19)17-7-3-2-4-8-17/h2-4,7-10,12,15H,5-6,11,13-14H2,1H3. The Labute approximate surface area is 136 Å². The minimum atomic E-state index is 0.698. The predicted octanol–water partition coefficient (Wildman–Crippen LogP) is 4.73. The van der Waals surface area contributed by atoms with E-state index in [0.29, 0.717) is 5.89 Å². The molecule has 1 saturated heterocycles.